The minimum absolute atomic E-state index is 0.131. The topological polar surface area (TPSA) is 107 Å². The zero-order valence-electron chi connectivity index (χ0n) is 11.1. The molecule has 5 N–H and O–H groups in total. The van der Waals surface area contributed by atoms with E-state index in [9.17, 15) is 9.59 Å². The van der Waals surface area contributed by atoms with Gasteiger partial charge in [0.15, 0.2) is 0 Å². The summed E-state index contributed by atoms with van der Waals surface area (Å²) < 4.78 is 4.88. The number of nitrogens with two attached hydrogens (primary N) is 2. The molecular formula is C13H19N3O3. The molecule has 19 heavy (non-hydrogen) atoms. The number of rotatable bonds is 6. The summed E-state index contributed by atoms with van der Waals surface area (Å²) in [4.78, 5) is 22.3. The quantitative estimate of drug-likeness (QED) is 0.527. The van der Waals surface area contributed by atoms with Gasteiger partial charge in [0.05, 0.1) is 23.5 Å². The van der Waals surface area contributed by atoms with Crippen LogP contribution in [0.2, 0.25) is 0 Å². The molecule has 0 spiro atoms. The zero-order valence-corrected chi connectivity index (χ0v) is 11.1. The molecule has 0 fully saturated rings. The molecule has 0 saturated carbocycles. The molecular weight excluding hydrogens is 246 g/mol. The van der Waals surface area contributed by atoms with Crippen LogP contribution in [0, 0.1) is 0 Å². The number of nitrogen functional groups attached to an aromatic ring is 1. The Morgan fingerprint density at radius 1 is 1.42 bits per heavy atom. The van der Waals surface area contributed by atoms with Gasteiger partial charge in [0.1, 0.15) is 0 Å². The molecule has 0 saturated heterocycles. The van der Waals surface area contributed by atoms with Crippen molar-refractivity contribution in [3.8, 4) is 0 Å². The van der Waals surface area contributed by atoms with Crippen molar-refractivity contribution in [2.24, 2.45) is 5.73 Å². The molecule has 0 bridgehead atoms. The lowest BCUT2D eigenvalue weighted by molar-refractivity contribution is -0.118. The number of nitrogens with one attached hydrogen (secondary N) is 1. The number of esters is 1. The van der Waals surface area contributed by atoms with Gasteiger partial charge >= 0.3 is 5.97 Å². The molecule has 1 rings (SSSR count). The Balaban J connectivity index is 2.77. The summed E-state index contributed by atoms with van der Waals surface area (Å²) in [5.74, 6) is -0.798. The number of hydrogen-bond donors (Lipinski definition) is 3. The van der Waals surface area contributed by atoms with Crippen molar-refractivity contribution < 1.29 is 14.3 Å². The van der Waals surface area contributed by atoms with Crippen LogP contribution >= 0.6 is 0 Å². The number of carbonyl (C=O) groups excluding carboxylic acids is 2. The number of carbonyl (C=O) groups is 2. The van der Waals surface area contributed by atoms with E-state index >= 15 is 0 Å². The van der Waals surface area contributed by atoms with Gasteiger partial charge in [-0.05, 0) is 32.0 Å². The predicted octanol–water partition coefficient (Wildman–Crippen LogP) is 1.12. The maximum absolute atomic E-state index is 11.5. The number of anilines is 2. The van der Waals surface area contributed by atoms with Crippen molar-refractivity contribution in [1.82, 2.24) is 0 Å². The van der Waals surface area contributed by atoms with E-state index in [4.69, 9.17) is 16.2 Å². The highest BCUT2D eigenvalue weighted by Gasteiger charge is 2.11. The van der Waals surface area contributed by atoms with E-state index in [0.29, 0.717) is 23.5 Å². The molecule has 0 aromatic heterocycles. The SMILES string of the molecule is CCOC(=O)c1ccc(NC(C)CC(N)=O)c(N)c1. The fourth-order valence-electron chi connectivity index (χ4n) is 1.65. The zero-order chi connectivity index (χ0) is 14.4. The van der Waals surface area contributed by atoms with Crippen molar-refractivity contribution in [3.05, 3.63) is 23.8 Å². The first kappa shape index (κ1) is 14.8. The van der Waals surface area contributed by atoms with E-state index in [2.05, 4.69) is 5.32 Å². The monoisotopic (exact) mass is 265 g/mol. The normalized spacial score (nSPS) is 11.7. The van der Waals surface area contributed by atoms with Crippen molar-refractivity contribution in [1.29, 1.82) is 0 Å². The van der Waals surface area contributed by atoms with Gasteiger partial charge in [-0.3, -0.25) is 4.79 Å². The Bertz CT molecular complexity index is 474. The second-order valence-corrected chi connectivity index (χ2v) is 4.24. The van der Waals surface area contributed by atoms with Crippen molar-refractivity contribution in [2.45, 2.75) is 26.3 Å². The molecule has 1 atom stereocenters. The van der Waals surface area contributed by atoms with Gasteiger partial charge in [-0.15, -0.1) is 0 Å². The third kappa shape index (κ3) is 4.50. The fraction of sp³-hybridized carbons (Fsp3) is 0.385. The second-order valence-electron chi connectivity index (χ2n) is 4.24. The van der Waals surface area contributed by atoms with E-state index in [-0.39, 0.29) is 18.4 Å². The highest BCUT2D eigenvalue weighted by molar-refractivity contribution is 5.92. The van der Waals surface area contributed by atoms with Crippen LogP contribution in [0.1, 0.15) is 30.6 Å². The van der Waals surface area contributed by atoms with Crippen LogP contribution in [0.15, 0.2) is 18.2 Å². The summed E-state index contributed by atoms with van der Waals surface area (Å²) in [5, 5.41) is 3.06. The summed E-state index contributed by atoms with van der Waals surface area (Å²) in [5.41, 5.74) is 12.4. The third-order valence-corrected chi connectivity index (χ3v) is 2.47. The molecule has 1 aromatic rings. The van der Waals surface area contributed by atoms with Crippen LogP contribution in [0.4, 0.5) is 11.4 Å². The number of amides is 1. The number of primary amides is 1. The molecule has 1 unspecified atom stereocenters. The van der Waals surface area contributed by atoms with Gasteiger partial charge in [-0.1, -0.05) is 0 Å². The Kier molecular flexibility index (Phi) is 5.17. The predicted molar refractivity (Wildman–Crippen MR) is 73.7 cm³/mol. The summed E-state index contributed by atoms with van der Waals surface area (Å²) >= 11 is 0. The van der Waals surface area contributed by atoms with E-state index in [0.717, 1.165) is 0 Å². The molecule has 6 heteroatoms. The average molecular weight is 265 g/mol. The summed E-state index contributed by atoms with van der Waals surface area (Å²) in [7, 11) is 0. The van der Waals surface area contributed by atoms with E-state index < -0.39 is 5.97 Å². The van der Waals surface area contributed by atoms with Gasteiger partial charge < -0.3 is 21.5 Å². The van der Waals surface area contributed by atoms with Crippen LogP contribution in [-0.4, -0.2) is 24.5 Å². The lowest BCUT2D eigenvalue weighted by Crippen LogP contribution is -2.24. The van der Waals surface area contributed by atoms with Gasteiger partial charge in [0.2, 0.25) is 5.91 Å². The van der Waals surface area contributed by atoms with E-state index in [1.54, 1.807) is 19.1 Å². The summed E-state index contributed by atoms with van der Waals surface area (Å²) in [6, 6.07) is 4.71. The number of hydrogen-bond acceptors (Lipinski definition) is 5. The van der Waals surface area contributed by atoms with Gasteiger partial charge in [0.25, 0.3) is 0 Å². The first-order chi connectivity index (χ1) is 8.93. The smallest absolute Gasteiger partial charge is 0.338 e. The average Bonchev–Trinajstić information content (AvgIpc) is 2.31. The Hall–Kier alpha value is -2.24. The largest absolute Gasteiger partial charge is 0.462 e. The van der Waals surface area contributed by atoms with E-state index in [1.165, 1.54) is 6.07 Å². The molecule has 0 aliphatic heterocycles. The third-order valence-electron chi connectivity index (χ3n) is 2.47. The van der Waals surface area contributed by atoms with E-state index in [1.807, 2.05) is 6.92 Å². The lowest BCUT2D eigenvalue weighted by atomic mass is 10.1. The summed E-state index contributed by atoms with van der Waals surface area (Å²) in [6.45, 7) is 3.88. The first-order valence-corrected chi connectivity index (χ1v) is 6.05. The highest BCUT2D eigenvalue weighted by Crippen LogP contribution is 2.21. The number of benzene rings is 1. The standard InChI is InChI=1S/C13H19N3O3/c1-3-19-13(18)9-4-5-11(10(14)7-9)16-8(2)6-12(15)17/h4-5,7-8,16H,3,6,14H2,1-2H3,(H2,15,17). The van der Waals surface area contributed by atoms with Crippen LogP contribution in [-0.2, 0) is 9.53 Å². The van der Waals surface area contributed by atoms with Gasteiger partial charge in [0, 0.05) is 12.5 Å². The minimum Gasteiger partial charge on any atom is -0.462 e. The summed E-state index contributed by atoms with van der Waals surface area (Å²) in [6.07, 6.45) is 0.207. The van der Waals surface area contributed by atoms with Crippen molar-refractivity contribution in [2.75, 3.05) is 17.7 Å². The fourth-order valence-corrected chi connectivity index (χ4v) is 1.65. The van der Waals surface area contributed by atoms with Crippen molar-refractivity contribution in [3.63, 3.8) is 0 Å². The van der Waals surface area contributed by atoms with Crippen LogP contribution in [0.3, 0.4) is 0 Å². The van der Waals surface area contributed by atoms with Crippen LogP contribution < -0.4 is 16.8 Å². The molecule has 0 heterocycles. The Morgan fingerprint density at radius 3 is 2.63 bits per heavy atom. The first-order valence-electron chi connectivity index (χ1n) is 6.05. The minimum atomic E-state index is -0.411. The highest BCUT2D eigenvalue weighted by atomic mass is 16.5. The maximum Gasteiger partial charge on any atom is 0.338 e. The molecule has 1 amide bonds. The lowest BCUT2D eigenvalue weighted by Gasteiger charge is -2.15. The molecule has 1 aromatic carbocycles. The molecule has 0 aliphatic carbocycles. The maximum atomic E-state index is 11.5. The Morgan fingerprint density at radius 2 is 2.11 bits per heavy atom. The molecule has 0 radical (unpaired) electrons. The number of ether oxygens (including phenoxy) is 1. The molecule has 0 aliphatic rings. The van der Waals surface area contributed by atoms with Crippen molar-refractivity contribution >= 4 is 23.3 Å². The van der Waals surface area contributed by atoms with Gasteiger partial charge in [-0.2, -0.15) is 0 Å². The van der Waals surface area contributed by atoms with Gasteiger partial charge in [-0.25, -0.2) is 4.79 Å². The van der Waals surface area contributed by atoms with Crippen LogP contribution in [0.25, 0.3) is 0 Å². The molecule has 6 nitrogen and oxygen atoms in total. The van der Waals surface area contributed by atoms with Crippen LogP contribution in [0.5, 0.6) is 0 Å². The second kappa shape index (κ2) is 6.63. The molecule has 104 valence electrons. The Labute approximate surface area is 112 Å².